The van der Waals surface area contributed by atoms with Crippen molar-refractivity contribution in [1.29, 1.82) is 0 Å². The van der Waals surface area contributed by atoms with E-state index in [1.807, 2.05) is 0 Å². The molecule has 0 atom stereocenters. The van der Waals surface area contributed by atoms with Crippen molar-refractivity contribution < 1.29 is 14.4 Å². The van der Waals surface area contributed by atoms with Gasteiger partial charge in [0.1, 0.15) is 6.54 Å². The van der Waals surface area contributed by atoms with Crippen LogP contribution in [0.2, 0.25) is 0 Å². The van der Waals surface area contributed by atoms with Crippen LogP contribution < -0.4 is 5.73 Å². The number of rotatable bonds is 34. The number of amides is 3. The van der Waals surface area contributed by atoms with E-state index in [0.717, 1.165) is 43.4 Å². The Hall–Kier alpha value is -1.39. The molecule has 0 saturated heterocycles. The van der Waals surface area contributed by atoms with E-state index in [4.69, 9.17) is 5.73 Å². The molecule has 0 aromatic heterocycles. The van der Waals surface area contributed by atoms with Gasteiger partial charge in [0.25, 0.3) is 0 Å². The first-order chi connectivity index (χ1) is 21.0. The third-order valence-corrected chi connectivity index (χ3v) is 8.90. The Morgan fingerprint density at radius 2 is 0.581 bits per heavy atom. The van der Waals surface area contributed by atoms with Gasteiger partial charge in [-0.25, -0.2) is 0 Å². The molecule has 43 heavy (non-hydrogen) atoms. The minimum Gasteiger partial charge on any atom is -0.368 e. The summed E-state index contributed by atoms with van der Waals surface area (Å²) in [6, 6.07) is 0. The molecule has 0 radical (unpaired) electrons. The Morgan fingerprint density at radius 3 is 0.791 bits per heavy atom. The lowest BCUT2D eigenvalue weighted by molar-refractivity contribution is -0.147. The van der Waals surface area contributed by atoms with Crippen LogP contribution in [0.5, 0.6) is 0 Å². The molecule has 0 aliphatic rings. The second kappa shape index (κ2) is 33.5. The summed E-state index contributed by atoms with van der Waals surface area (Å²) in [5.74, 6) is -1.09. The van der Waals surface area contributed by atoms with E-state index in [9.17, 15) is 14.4 Å². The van der Waals surface area contributed by atoms with Crippen LogP contribution in [0.25, 0.3) is 0 Å². The minimum absolute atomic E-state index is 0.237. The molecule has 5 nitrogen and oxygen atoms in total. The van der Waals surface area contributed by atoms with Crippen molar-refractivity contribution >= 4 is 17.7 Å². The molecule has 3 amide bonds. The topological polar surface area (TPSA) is 80.5 Å². The fourth-order valence-electron chi connectivity index (χ4n) is 6.04. The summed E-state index contributed by atoms with van der Waals surface area (Å²) in [6.45, 7) is 4.26. The molecule has 0 aliphatic carbocycles. The van der Waals surface area contributed by atoms with Crippen LogP contribution in [-0.4, -0.2) is 29.2 Å². The number of carbonyl (C=O) groups is 3. The van der Waals surface area contributed by atoms with E-state index < -0.39 is 5.91 Å². The minimum atomic E-state index is -0.616. The van der Waals surface area contributed by atoms with Gasteiger partial charge < -0.3 is 5.73 Å². The van der Waals surface area contributed by atoms with Crippen LogP contribution in [0, 0.1) is 0 Å². The predicted octanol–water partition coefficient (Wildman–Crippen LogP) is 11.3. The highest BCUT2D eigenvalue weighted by Gasteiger charge is 2.22. The number of nitrogens with zero attached hydrogens (tertiary/aromatic N) is 1. The molecule has 5 heteroatoms. The van der Waals surface area contributed by atoms with Gasteiger partial charge in [0.15, 0.2) is 0 Å². The van der Waals surface area contributed by atoms with Crippen molar-refractivity contribution in [1.82, 2.24) is 4.90 Å². The quantitative estimate of drug-likeness (QED) is 0.0740. The van der Waals surface area contributed by atoms with Crippen molar-refractivity contribution in [2.45, 2.75) is 219 Å². The maximum absolute atomic E-state index is 12.7. The molecule has 0 bridgehead atoms. The second-order valence-corrected chi connectivity index (χ2v) is 13.2. The summed E-state index contributed by atoms with van der Waals surface area (Å²) in [5, 5.41) is 0. The summed E-state index contributed by atoms with van der Waals surface area (Å²) in [7, 11) is 0. The zero-order chi connectivity index (χ0) is 31.6. The fourth-order valence-corrected chi connectivity index (χ4v) is 6.04. The van der Waals surface area contributed by atoms with E-state index >= 15 is 0 Å². The molecule has 0 saturated carbocycles. The molecule has 0 fully saturated rings. The van der Waals surface area contributed by atoms with Crippen molar-refractivity contribution in [3.8, 4) is 0 Å². The molecule has 0 aliphatic heterocycles. The zero-order valence-electron chi connectivity index (χ0n) is 29.1. The lowest BCUT2D eigenvalue weighted by Crippen LogP contribution is -2.42. The average molecular weight is 607 g/mol. The Kier molecular flexibility index (Phi) is 32.4. The van der Waals surface area contributed by atoms with Gasteiger partial charge in [-0.2, -0.15) is 0 Å². The molecule has 0 rings (SSSR count). The van der Waals surface area contributed by atoms with E-state index in [2.05, 4.69) is 13.8 Å². The largest absolute Gasteiger partial charge is 0.368 e. The smallest absolute Gasteiger partial charge is 0.237 e. The van der Waals surface area contributed by atoms with Crippen molar-refractivity contribution in [3.05, 3.63) is 0 Å². The molecule has 0 aromatic rings. The molecular weight excluding hydrogens is 532 g/mol. The number of hydrogen-bond donors (Lipinski definition) is 1. The molecule has 254 valence electrons. The summed E-state index contributed by atoms with van der Waals surface area (Å²) >= 11 is 0. The number of imide groups is 1. The van der Waals surface area contributed by atoms with Gasteiger partial charge in [-0.1, -0.05) is 194 Å². The third-order valence-electron chi connectivity index (χ3n) is 8.90. The fraction of sp³-hybridized carbons (Fsp3) is 0.921. The highest BCUT2D eigenvalue weighted by molar-refractivity contribution is 5.98. The Bertz CT molecular complexity index is 591. The van der Waals surface area contributed by atoms with Crippen molar-refractivity contribution in [2.24, 2.45) is 5.73 Å². The lowest BCUT2D eigenvalue weighted by Gasteiger charge is -2.19. The maximum Gasteiger partial charge on any atom is 0.237 e. The van der Waals surface area contributed by atoms with E-state index in [1.54, 1.807) is 0 Å². The molecular formula is C38H74N2O3. The summed E-state index contributed by atoms with van der Waals surface area (Å²) < 4.78 is 0. The van der Waals surface area contributed by atoms with Crippen LogP contribution >= 0.6 is 0 Å². The lowest BCUT2D eigenvalue weighted by atomic mass is 10.0. The molecule has 2 N–H and O–H groups in total. The van der Waals surface area contributed by atoms with Crippen LogP contribution in [0.1, 0.15) is 219 Å². The Morgan fingerprint density at radius 1 is 0.372 bits per heavy atom. The molecule has 0 aromatic carbocycles. The number of primary amides is 1. The summed E-state index contributed by atoms with van der Waals surface area (Å²) in [4.78, 5) is 38.1. The van der Waals surface area contributed by atoms with Crippen LogP contribution in [0.15, 0.2) is 0 Å². The van der Waals surface area contributed by atoms with Gasteiger partial charge in [0, 0.05) is 12.8 Å². The monoisotopic (exact) mass is 607 g/mol. The van der Waals surface area contributed by atoms with E-state index in [-0.39, 0.29) is 18.4 Å². The number of nitrogens with two attached hydrogens (primary N) is 1. The highest BCUT2D eigenvalue weighted by Crippen LogP contribution is 2.16. The maximum atomic E-state index is 12.7. The SMILES string of the molecule is CCCCCCCCCCCCCCCCCC(=O)N(CC(N)=O)C(=O)CCCCCCCCCCCCCCCCC. The number of hydrogen-bond acceptors (Lipinski definition) is 3. The molecule has 0 unspecified atom stereocenters. The van der Waals surface area contributed by atoms with E-state index in [1.165, 1.54) is 154 Å². The Balaban J connectivity index is 3.76. The standard InChI is InChI=1S/C38H74N2O3/c1-3-5-7-9-11-13-15-17-19-21-23-25-27-29-31-33-37(42)40(35-36(39)41)38(43)34-32-30-28-26-24-22-20-18-16-14-12-10-8-6-4-2/h3-35H2,1-2H3,(H2,39,41). The van der Waals surface area contributed by atoms with Crippen LogP contribution in [0.4, 0.5) is 0 Å². The van der Waals surface area contributed by atoms with Crippen LogP contribution in [-0.2, 0) is 14.4 Å². The van der Waals surface area contributed by atoms with Gasteiger partial charge in [-0.3, -0.25) is 19.3 Å². The van der Waals surface area contributed by atoms with E-state index in [0.29, 0.717) is 12.8 Å². The first-order valence-electron chi connectivity index (χ1n) is 19.1. The van der Waals surface area contributed by atoms with Crippen molar-refractivity contribution in [3.63, 3.8) is 0 Å². The van der Waals surface area contributed by atoms with Gasteiger partial charge >= 0.3 is 0 Å². The summed E-state index contributed by atoms with van der Waals surface area (Å²) in [5.41, 5.74) is 5.36. The average Bonchev–Trinajstić information content (AvgIpc) is 2.99. The second-order valence-electron chi connectivity index (χ2n) is 13.2. The normalized spacial score (nSPS) is 11.2. The van der Waals surface area contributed by atoms with Gasteiger partial charge in [-0.15, -0.1) is 0 Å². The third kappa shape index (κ3) is 30.4. The number of unbranched alkanes of at least 4 members (excludes halogenated alkanes) is 28. The molecule has 0 heterocycles. The first kappa shape index (κ1) is 41.6. The van der Waals surface area contributed by atoms with Crippen molar-refractivity contribution in [2.75, 3.05) is 6.54 Å². The molecule has 0 spiro atoms. The first-order valence-corrected chi connectivity index (χ1v) is 19.1. The number of carbonyl (C=O) groups excluding carboxylic acids is 3. The van der Waals surface area contributed by atoms with Gasteiger partial charge in [0.2, 0.25) is 17.7 Å². The zero-order valence-corrected chi connectivity index (χ0v) is 29.1. The predicted molar refractivity (Wildman–Crippen MR) is 185 cm³/mol. The van der Waals surface area contributed by atoms with Crippen LogP contribution in [0.3, 0.4) is 0 Å². The highest BCUT2D eigenvalue weighted by atomic mass is 16.2. The van der Waals surface area contributed by atoms with Gasteiger partial charge in [-0.05, 0) is 12.8 Å². The Labute approximate surface area is 268 Å². The van der Waals surface area contributed by atoms with Gasteiger partial charge in [0.05, 0.1) is 0 Å². The summed E-state index contributed by atoms with van der Waals surface area (Å²) in [6.07, 6.45) is 38.9.